The fourth-order valence-corrected chi connectivity index (χ4v) is 4.54. The first kappa shape index (κ1) is 15.9. The average molecular weight is 361 g/mol. The van der Waals surface area contributed by atoms with Crippen LogP contribution in [0.2, 0.25) is 5.02 Å². The van der Waals surface area contributed by atoms with Crippen LogP contribution >= 0.6 is 11.6 Å². The predicted octanol–water partition coefficient (Wildman–Crippen LogP) is 6.15. The maximum atomic E-state index is 6.31. The summed E-state index contributed by atoms with van der Waals surface area (Å²) in [5, 5.41) is 3.30. The number of aliphatic imine (C=N–C) groups is 1. The Bertz CT molecular complexity index is 1000. The molecule has 2 aliphatic rings. The summed E-state index contributed by atoms with van der Waals surface area (Å²) in [5.74, 6) is 1.54. The van der Waals surface area contributed by atoms with Crippen LogP contribution in [0, 0.1) is 0 Å². The number of fused-ring (bicyclic) bond motifs is 3. The van der Waals surface area contributed by atoms with Gasteiger partial charge in [-0.1, -0.05) is 60.1 Å². The van der Waals surface area contributed by atoms with Crippen molar-refractivity contribution in [2.75, 3.05) is 13.1 Å². The fraction of sp³-hybridized carbons (Fsp3) is 0.261. The van der Waals surface area contributed by atoms with Crippen LogP contribution in [0.15, 0.2) is 65.7 Å². The van der Waals surface area contributed by atoms with Crippen molar-refractivity contribution in [2.24, 2.45) is 4.99 Å². The lowest BCUT2D eigenvalue weighted by Gasteiger charge is -2.31. The topological polar surface area (TPSA) is 15.6 Å². The molecule has 0 aliphatic carbocycles. The molecule has 0 aromatic heterocycles. The zero-order valence-electron chi connectivity index (χ0n) is 14.7. The third-order valence-corrected chi connectivity index (χ3v) is 5.89. The van der Waals surface area contributed by atoms with Gasteiger partial charge in [-0.05, 0) is 41.5 Å². The molecular weight excluding hydrogens is 340 g/mol. The quantitative estimate of drug-likeness (QED) is 0.507. The van der Waals surface area contributed by atoms with E-state index in [4.69, 9.17) is 16.6 Å². The van der Waals surface area contributed by atoms with Gasteiger partial charge in [0.25, 0.3) is 0 Å². The Kier molecular flexibility index (Phi) is 3.94. The lowest BCUT2D eigenvalue weighted by atomic mass is 9.83. The van der Waals surface area contributed by atoms with Gasteiger partial charge in [-0.2, -0.15) is 0 Å². The Labute approximate surface area is 159 Å². The fourth-order valence-electron chi connectivity index (χ4n) is 4.34. The smallest absolute Gasteiger partial charge is 0.106 e. The minimum Gasteiger partial charge on any atom is -0.360 e. The highest BCUT2D eigenvalue weighted by atomic mass is 35.5. The molecule has 0 saturated carbocycles. The normalized spacial score (nSPS) is 19.5. The van der Waals surface area contributed by atoms with Crippen molar-refractivity contribution in [3.8, 4) is 0 Å². The first-order valence-electron chi connectivity index (χ1n) is 9.39. The van der Waals surface area contributed by atoms with E-state index in [9.17, 15) is 0 Å². The molecule has 2 heterocycles. The minimum absolute atomic E-state index is 0.307. The molecule has 26 heavy (non-hydrogen) atoms. The summed E-state index contributed by atoms with van der Waals surface area (Å²) in [7, 11) is 0. The van der Waals surface area contributed by atoms with Crippen LogP contribution in [0.5, 0.6) is 0 Å². The second-order valence-electron chi connectivity index (χ2n) is 7.26. The maximum absolute atomic E-state index is 6.31. The number of benzene rings is 3. The van der Waals surface area contributed by atoms with Gasteiger partial charge in [0.15, 0.2) is 0 Å². The Morgan fingerprint density at radius 2 is 1.77 bits per heavy atom. The Morgan fingerprint density at radius 3 is 2.62 bits per heavy atom. The molecule has 130 valence electrons. The summed E-state index contributed by atoms with van der Waals surface area (Å²) in [6.45, 7) is 2.25. The molecule has 3 aromatic rings. The molecule has 1 unspecified atom stereocenters. The van der Waals surface area contributed by atoms with Gasteiger partial charge in [0.1, 0.15) is 5.84 Å². The summed E-state index contributed by atoms with van der Waals surface area (Å²) in [5.41, 5.74) is 3.73. The van der Waals surface area contributed by atoms with E-state index in [0.29, 0.717) is 5.92 Å². The van der Waals surface area contributed by atoms with Gasteiger partial charge in [0.05, 0.1) is 5.69 Å². The maximum Gasteiger partial charge on any atom is 0.106 e. The third kappa shape index (κ3) is 2.69. The van der Waals surface area contributed by atoms with E-state index in [0.717, 1.165) is 30.2 Å². The second kappa shape index (κ2) is 6.44. The second-order valence-corrected chi connectivity index (χ2v) is 7.69. The Balaban J connectivity index is 1.71. The highest BCUT2D eigenvalue weighted by Crippen LogP contribution is 2.43. The van der Waals surface area contributed by atoms with Gasteiger partial charge in [-0.15, -0.1) is 0 Å². The summed E-state index contributed by atoms with van der Waals surface area (Å²) in [4.78, 5) is 7.64. The number of nitrogens with zero attached hydrogens (tertiary/aromatic N) is 2. The summed E-state index contributed by atoms with van der Waals surface area (Å²) < 4.78 is 0. The molecule has 0 amide bonds. The summed E-state index contributed by atoms with van der Waals surface area (Å²) >= 11 is 6.31. The van der Waals surface area contributed by atoms with Crippen molar-refractivity contribution in [1.29, 1.82) is 0 Å². The van der Waals surface area contributed by atoms with Crippen molar-refractivity contribution >= 4 is 33.9 Å². The van der Waals surface area contributed by atoms with Crippen LogP contribution in [0.25, 0.3) is 10.8 Å². The standard InChI is InChI=1S/C23H21ClN2/c24-18-8-5-7-17(14-18)21-15-22(26-12-3-4-13-26)25-23-19-9-2-1-6-16(19)10-11-20(21)23/h1-2,5-11,14,21H,3-4,12-13,15H2. The SMILES string of the molecule is Clc1cccc(C2CC(N3CCCC3)=Nc3c2ccc2ccccc32)c1. The van der Waals surface area contributed by atoms with Crippen molar-refractivity contribution in [2.45, 2.75) is 25.2 Å². The van der Waals surface area contributed by atoms with Crippen LogP contribution in [0.4, 0.5) is 5.69 Å². The molecule has 0 radical (unpaired) electrons. The first-order chi connectivity index (χ1) is 12.8. The van der Waals surface area contributed by atoms with Gasteiger partial charge in [0, 0.05) is 35.8 Å². The molecular formula is C23H21ClN2. The molecule has 2 aliphatic heterocycles. The van der Waals surface area contributed by atoms with Crippen molar-refractivity contribution in [1.82, 2.24) is 4.90 Å². The Hall–Kier alpha value is -2.32. The number of amidine groups is 1. The highest BCUT2D eigenvalue weighted by Gasteiger charge is 2.29. The number of rotatable bonds is 1. The molecule has 0 N–H and O–H groups in total. The van der Waals surface area contributed by atoms with E-state index >= 15 is 0 Å². The molecule has 0 spiro atoms. The molecule has 3 aromatic carbocycles. The molecule has 5 rings (SSSR count). The zero-order chi connectivity index (χ0) is 17.5. The first-order valence-corrected chi connectivity index (χ1v) is 9.77. The monoisotopic (exact) mass is 360 g/mol. The lowest BCUT2D eigenvalue weighted by molar-refractivity contribution is 0.499. The summed E-state index contributed by atoms with van der Waals surface area (Å²) in [6.07, 6.45) is 3.48. The average Bonchev–Trinajstić information content (AvgIpc) is 3.22. The van der Waals surface area contributed by atoms with Crippen LogP contribution in [0.1, 0.15) is 36.3 Å². The lowest BCUT2D eigenvalue weighted by Crippen LogP contribution is -2.31. The molecule has 2 nitrogen and oxygen atoms in total. The largest absolute Gasteiger partial charge is 0.360 e. The van der Waals surface area contributed by atoms with Gasteiger partial charge in [0.2, 0.25) is 0 Å². The van der Waals surface area contributed by atoms with Crippen LogP contribution in [0.3, 0.4) is 0 Å². The third-order valence-electron chi connectivity index (χ3n) is 5.66. The molecule has 1 saturated heterocycles. The zero-order valence-corrected chi connectivity index (χ0v) is 15.4. The van der Waals surface area contributed by atoms with Crippen LogP contribution in [-0.2, 0) is 0 Å². The van der Waals surface area contributed by atoms with E-state index in [1.54, 1.807) is 0 Å². The minimum atomic E-state index is 0.307. The molecule has 0 bridgehead atoms. The van der Waals surface area contributed by atoms with Crippen molar-refractivity contribution < 1.29 is 0 Å². The van der Waals surface area contributed by atoms with E-state index in [1.807, 2.05) is 6.07 Å². The highest BCUT2D eigenvalue weighted by molar-refractivity contribution is 6.30. The number of hydrogen-bond acceptors (Lipinski definition) is 2. The van der Waals surface area contributed by atoms with Crippen molar-refractivity contribution in [3.05, 3.63) is 76.8 Å². The number of halogens is 1. The van der Waals surface area contributed by atoms with E-state index in [-0.39, 0.29) is 0 Å². The summed E-state index contributed by atoms with van der Waals surface area (Å²) in [6, 6.07) is 21.4. The predicted molar refractivity (Wildman–Crippen MR) is 110 cm³/mol. The van der Waals surface area contributed by atoms with Crippen LogP contribution in [-0.4, -0.2) is 23.8 Å². The van der Waals surface area contributed by atoms with Crippen molar-refractivity contribution in [3.63, 3.8) is 0 Å². The number of hydrogen-bond donors (Lipinski definition) is 0. The van der Waals surface area contributed by atoms with Gasteiger partial charge >= 0.3 is 0 Å². The van der Waals surface area contributed by atoms with E-state index in [2.05, 4.69) is 59.5 Å². The van der Waals surface area contributed by atoms with E-state index < -0.39 is 0 Å². The molecule has 3 heteroatoms. The van der Waals surface area contributed by atoms with Gasteiger partial charge < -0.3 is 4.90 Å². The molecule has 1 fully saturated rings. The van der Waals surface area contributed by atoms with Crippen LogP contribution < -0.4 is 0 Å². The van der Waals surface area contributed by atoms with E-state index in [1.165, 1.54) is 40.6 Å². The Morgan fingerprint density at radius 1 is 0.923 bits per heavy atom. The van der Waals surface area contributed by atoms with Gasteiger partial charge in [-0.3, -0.25) is 0 Å². The molecule has 1 atom stereocenters. The number of likely N-dealkylation sites (tertiary alicyclic amines) is 1. The van der Waals surface area contributed by atoms with Gasteiger partial charge in [-0.25, -0.2) is 4.99 Å².